The first-order valence-electron chi connectivity index (χ1n) is 7.70. The van der Waals surface area contributed by atoms with E-state index in [1.165, 1.54) is 71.0 Å². The number of aliphatic hydroxyl groups excluding tert-OH is 1. The summed E-state index contributed by atoms with van der Waals surface area (Å²) in [7, 11) is 0. The molecule has 17 heavy (non-hydrogen) atoms. The lowest BCUT2D eigenvalue weighted by Gasteiger charge is -2.37. The van der Waals surface area contributed by atoms with Crippen LogP contribution in [-0.4, -0.2) is 36.0 Å². The lowest BCUT2D eigenvalue weighted by Crippen LogP contribution is -2.50. The molecule has 0 bridgehead atoms. The summed E-state index contributed by atoms with van der Waals surface area (Å²) in [5.41, 5.74) is 0. The fourth-order valence-corrected chi connectivity index (χ4v) is 2.41. The van der Waals surface area contributed by atoms with Gasteiger partial charge in [0.05, 0.1) is 19.6 Å². The van der Waals surface area contributed by atoms with Crippen LogP contribution in [-0.2, 0) is 0 Å². The van der Waals surface area contributed by atoms with Gasteiger partial charge >= 0.3 is 0 Å². The Hall–Kier alpha value is -0.0800. The molecule has 0 heterocycles. The highest BCUT2D eigenvalue weighted by Gasteiger charge is 2.24. The highest BCUT2D eigenvalue weighted by molar-refractivity contribution is 4.47. The molecular formula is C15H34NO+. The molecule has 0 aliphatic rings. The quantitative estimate of drug-likeness (QED) is 0.313. The normalized spacial score (nSPS) is 12.0. The van der Waals surface area contributed by atoms with Crippen LogP contribution >= 0.6 is 0 Å². The maximum atomic E-state index is 9.76. The minimum atomic E-state index is 0.339. The molecule has 0 atom stereocenters. The Balaban J connectivity index is 4.12. The minimum Gasteiger partial charge on any atom is -0.347 e. The summed E-state index contributed by atoms with van der Waals surface area (Å²) in [6.45, 7) is 10.6. The molecular weight excluding hydrogens is 210 g/mol. The molecule has 0 spiro atoms. The van der Waals surface area contributed by atoms with Gasteiger partial charge in [-0.1, -0.05) is 46.5 Å². The Morgan fingerprint density at radius 2 is 1.12 bits per heavy atom. The predicted octanol–water partition coefficient (Wildman–Crippen LogP) is 3.93. The number of nitrogens with zero attached hydrogens (tertiary/aromatic N) is 1. The first-order valence-corrected chi connectivity index (χ1v) is 7.70. The topological polar surface area (TPSA) is 20.2 Å². The molecule has 0 fully saturated rings. The van der Waals surface area contributed by atoms with E-state index in [4.69, 9.17) is 0 Å². The van der Waals surface area contributed by atoms with Gasteiger partial charge < -0.3 is 9.59 Å². The van der Waals surface area contributed by atoms with Crippen molar-refractivity contribution in [1.29, 1.82) is 0 Å². The summed E-state index contributed by atoms with van der Waals surface area (Å²) in [4.78, 5) is 0. The highest BCUT2D eigenvalue weighted by atomic mass is 16.3. The van der Waals surface area contributed by atoms with Gasteiger partial charge in [-0.05, 0) is 25.7 Å². The van der Waals surface area contributed by atoms with Crippen molar-refractivity contribution in [3.63, 3.8) is 0 Å². The highest BCUT2D eigenvalue weighted by Crippen LogP contribution is 2.14. The first-order chi connectivity index (χ1) is 8.24. The first kappa shape index (κ1) is 16.9. The molecule has 0 aromatic rings. The van der Waals surface area contributed by atoms with Crippen molar-refractivity contribution >= 4 is 0 Å². The molecule has 0 aliphatic carbocycles. The molecule has 104 valence electrons. The average Bonchev–Trinajstić information content (AvgIpc) is 2.37. The molecule has 2 heteroatoms. The number of rotatable bonds is 12. The fourth-order valence-electron chi connectivity index (χ4n) is 2.41. The molecule has 0 rings (SSSR count). The maximum absolute atomic E-state index is 9.76. The Kier molecular flexibility index (Phi) is 11.0. The van der Waals surface area contributed by atoms with E-state index in [0.29, 0.717) is 6.73 Å². The number of hydrogen-bond donors (Lipinski definition) is 1. The predicted molar refractivity (Wildman–Crippen MR) is 75.9 cm³/mol. The Labute approximate surface area is 109 Å². The molecule has 0 unspecified atom stereocenters. The van der Waals surface area contributed by atoms with E-state index in [0.717, 1.165) is 4.48 Å². The third kappa shape index (κ3) is 7.77. The Morgan fingerprint density at radius 3 is 1.53 bits per heavy atom. The van der Waals surface area contributed by atoms with Crippen molar-refractivity contribution in [3.05, 3.63) is 0 Å². The van der Waals surface area contributed by atoms with E-state index in [-0.39, 0.29) is 0 Å². The van der Waals surface area contributed by atoms with Crippen molar-refractivity contribution < 1.29 is 9.59 Å². The van der Waals surface area contributed by atoms with Gasteiger partial charge in [-0.2, -0.15) is 0 Å². The molecule has 0 saturated heterocycles. The van der Waals surface area contributed by atoms with E-state index >= 15 is 0 Å². The van der Waals surface area contributed by atoms with Gasteiger partial charge in [0, 0.05) is 0 Å². The Bertz CT molecular complexity index is 151. The summed E-state index contributed by atoms with van der Waals surface area (Å²) in [6.07, 6.45) is 10.2. The van der Waals surface area contributed by atoms with E-state index in [2.05, 4.69) is 20.8 Å². The summed E-state index contributed by atoms with van der Waals surface area (Å²) >= 11 is 0. The van der Waals surface area contributed by atoms with Crippen LogP contribution < -0.4 is 0 Å². The molecule has 0 aliphatic heterocycles. The second-order valence-electron chi connectivity index (χ2n) is 5.42. The molecule has 0 aromatic heterocycles. The average molecular weight is 244 g/mol. The van der Waals surface area contributed by atoms with Crippen LogP contribution in [0.25, 0.3) is 0 Å². The van der Waals surface area contributed by atoms with Crippen LogP contribution in [0.5, 0.6) is 0 Å². The lowest BCUT2D eigenvalue weighted by atomic mass is 10.1. The van der Waals surface area contributed by atoms with Gasteiger partial charge in [0.2, 0.25) is 0 Å². The van der Waals surface area contributed by atoms with Gasteiger partial charge in [-0.3, -0.25) is 0 Å². The number of unbranched alkanes of at least 4 members (excludes halogenated alkanes) is 5. The van der Waals surface area contributed by atoms with Crippen molar-refractivity contribution in [3.8, 4) is 0 Å². The SMILES string of the molecule is CCCCCC[N+](CO)(CCCC)CCCC. The van der Waals surface area contributed by atoms with E-state index in [9.17, 15) is 5.11 Å². The van der Waals surface area contributed by atoms with Crippen molar-refractivity contribution in [2.75, 3.05) is 26.4 Å². The van der Waals surface area contributed by atoms with Crippen LogP contribution in [0.4, 0.5) is 0 Å². The molecule has 0 aromatic carbocycles. The Morgan fingerprint density at radius 1 is 0.647 bits per heavy atom. The van der Waals surface area contributed by atoms with Crippen molar-refractivity contribution in [1.82, 2.24) is 0 Å². The van der Waals surface area contributed by atoms with Crippen LogP contribution in [0.3, 0.4) is 0 Å². The van der Waals surface area contributed by atoms with Gasteiger partial charge in [-0.15, -0.1) is 0 Å². The third-order valence-corrected chi connectivity index (χ3v) is 3.76. The molecule has 1 N–H and O–H groups in total. The molecule has 0 saturated carbocycles. The van der Waals surface area contributed by atoms with Crippen LogP contribution in [0.15, 0.2) is 0 Å². The van der Waals surface area contributed by atoms with Crippen LogP contribution in [0.2, 0.25) is 0 Å². The van der Waals surface area contributed by atoms with Gasteiger partial charge in [0.15, 0.2) is 6.73 Å². The van der Waals surface area contributed by atoms with Gasteiger partial charge in [0.1, 0.15) is 0 Å². The van der Waals surface area contributed by atoms with Crippen LogP contribution in [0, 0.1) is 0 Å². The zero-order chi connectivity index (χ0) is 13.0. The van der Waals surface area contributed by atoms with Crippen molar-refractivity contribution in [2.24, 2.45) is 0 Å². The fraction of sp³-hybridized carbons (Fsp3) is 1.00. The molecule has 0 amide bonds. The van der Waals surface area contributed by atoms with Crippen molar-refractivity contribution in [2.45, 2.75) is 72.1 Å². The number of hydrogen-bond acceptors (Lipinski definition) is 1. The van der Waals surface area contributed by atoms with E-state index < -0.39 is 0 Å². The summed E-state index contributed by atoms with van der Waals surface area (Å²) < 4.78 is 0.950. The monoisotopic (exact) mass is 244 g/mol. The second kappa shape index (κ2) is 11.0. The zero-order valence-electron chi connectivity index (χ0n) is 12.4. The summed E-state index contributed by atoms with van der Waals surface area (Å²) in [5.74, 6) is 0. The smallest absolute Gasteiger partial charge is 0.180 e. The number of quaternary nitrogens is 1. The van der Waals surface area contributed by atoms with Crippen LogP contribution in [0.1, 0.15) is 72.1 Å². The van der Waals surface area contributed by atoms with E-state index in [1.807, 2.05) is 0 Å². The molecule has 2 nitrogen and oxygen atoms in total. The van der Waals surface area contributed by atoms with Gasteiger partial charge in [-0.25, -0.2) is 0 Å². The number of aliphatic hydroxyl groups is 1. The zero-order valence-corrected chi connectivity index (χ0v) is 12.4. The maximum Gasteiger partial charge on any atom is 0.180 e. The largest absolute Gasteiger partial charge is 0.347 e. The standard InChI is InChI=1S/C15H34NO/c1-4-7-10-11-14-16(15-17,12-8-5-2)13-9-6-3/h17H,4-15H2,1-3H3/q+1. The third-order valence-electron chi connectivity index (χ3n) is 3.76. The lowest BCUT2D eigenvalue weighted by molar-refractivity contribution is -0.945. The van der Waals surface area contributed by atoms with Gasteiger partial charge in [0.25, 0.3) is 0 Å². The second-order valence-corrected chi connectivity index (χ2v) is 5.42. The summed E-state index contributed by atoms with van der Waals surface area (Å²) in [5, 5.41) is 9.76. The van der Waals surface area contributed by atoms with E-state index in [1.54, 1.807) is 0 Å². The summed E-state index contributed by atoms with van der Waals surface area (Å²) in [6, 6.07) is 0. The minimum absolute atomic E-state index is 0.339. The molecule has 0 radical (unpaired) electrons.